The Bertz CT molecular complexity index is 531. The number of nitrogens with zero attached hydrogens (tertiary/aromatic N) is 2. The van der Waals surface area contributed by atoms with Crippen LogP contribution in [-0.4, -0.2) is 44.6 Å². The fraction of sp³-hybridized carbons (Fsp3) is 0.692. The van der Waals surface area contributed by atoms with Gasteiger partial charge in [0, 0.05) is 38.1 Å². The van der Waals surface area contributed by atoms with Crippen LogP contribution >= 0.6 is 0 Å². The van der Waals surface area contributed by atoms with Crippen molar-refractivity contribution in [3.8, 4) is 0 Å². The number of rotatable bonds is 6. The second-order valence-corrected chi connectivity index (χ2v) is 7.19. The minimum atomic E-state index is -3.43. The van der Waals surface area contributed by atoms with Crippen LogP contribution in [0.25, 0.3) is 0 Å². The summed E-state index contributed by atoms with van der Waals surface area (Å²) < 4.78 is 29.2. The molecule has 2 heterocycles. The highest BCUT2D eigenvalue weighted by atomic mass is 32.2. The molecule has 1 saturated heterocycles. The summed E-state index contributed by atoms with van der Waals surface area (Å²) in [5, 5.41) is 0. The highest BCUT2D eigenvalue weighted by Gasteiger charge is 2.23. The van der Waals surface area contributed by atoms with Crippen molar-refractivity contribution in [2.45, 2.75) is 31.3 Å². The van der Waals surface area contributed by atoms with Crippen LogP contribution in [0.15, 0.2) is 17.2 Å². The topological polar surface area (TPSA) is 80.4 Å². The van der Waals surface area contributed by atoms with Crippen LogP contribution in [0.4, 0.5) is 0 Å². The number of hydrogen-bond acceptors (Lipinski definition) is 4. The van der Waals surface area contributed by atoms with E-state index in [1.165, 1.54) is 0 Å². The molecule has 1 fully saturated rings. The maximum Gasteiger partial charge on any atom is 0.242 e. The first-order chi connectivity index (χ1) is 9.46. The van der Waals surface area contributed by atoms with Gasteiger partial charge in [-0.15, -0.1) is 0 Å². The summed E-state index contributed by atoms with van der Waals surface area (Å²) >= 11 is 0. The number of nitrogens with two attached hydrogens (primary N) is 1. The van der Waals surface area contributed by atoms with E-state index in [1.807, 2.05) is 11.5 Å². The summed E-state index contributed by atoms with van der Waals surface area (Å²) in [6, 6.07) is 1.66. The number of likely N-dealkylation sites (tertiary alicyclic amines) is 1. The van der Waals surface area contributed by atoms with Crippen molar-refractivity contribution in [1.82, 2.24) is 14.2 Å². The molecular formula is C13H24N4O2S. The minimum Gasteiger partial charge on any atom is -0.349 e. The van der Waals surface area contributed by atoms with Gasteiger partial charge in [-0.3, -0.25) is 0 Å². The van der Waals surface area contributed by atoms with E-state index >= 15 is 0 Å². The summed E-state index contributed by atoms with van der Waals surface area (Å²) in [6.07, 6.45) is 2.70. The maximum absolute atomic E-state index is 12.3. The molecule has 0 spiro atoms. The highest BCUT2D eigenvalue weighted by Crippen LogP contribution is 2.17. The smallest absolute Gasteiger partial charge is 0.242 e. The Morgan fingerprint density at radius 1 is 1.50 bits per heavy atom. The van der Waals surface area contributed by atoms with Gasteiger partial charge in [-0.2, -0.15) is 0 Å². The largest absolute Gasteiger partial charge is 0.349 e. The fourth-order valence-corrected chi connectivity index (χ4v) is 3.82. The molecule has 1 aromatic rings. The molecule has 114 valence electrons. The Labute approximate surface area is 121 Å². The molecule has 1 unspecified atom stereocenters. The van der Waals surface area contributed by atoms with Crippen molar-refractivity contribution in [1.29, 1.82) is 0 Å². The first-order valence-corrected chi connectivity index (χ1v) is 8.52. The zero-order valence-corrected chi connectivity index (χ0v) is 13.0. The third-order valence-corrected chi connectivity index (χ3v) is 5.26. The lowest BCUT2D eigenvalue weighted by Crippen LogP contribution is -2.30. The first kappa shape index (κ1) is 15.5. The van der Waals surface area contributed by atoms with E-state index in [2.05, 4.69) is 16.7 Å². The molecule has 1 aliphatic rings. The van der Waals surface area contributed by atoms with Crippen molar-refractivity contribution in [3.05, 3.63) is 18.0 Å². The quantitative estimate of drug-likeness (QED) is 0.786. The average molecular weight is 300 g/mol. The van der Waals surface area contributed by atoms with E-state index < -0.39 is 10.0 Å². The molecular weight excluding hydrogens is 276 g/mol. The predicted octanol–water partition coefficient (Wildman–Crippen LogP) is 0.197. The number of aromatic nitrogens is 1. The molecule has 1 aliphatic heterocycles. The van der Waals surface area contributed by atoms with Crippen LogP contribution in [0.1, 0.15) is 19.0 Å². The van der Waals surface area contributed by atoms with Gasteiger partial charge in [0.2, 0.25) is 10.0 Å². The van der Waals surface area contributed by atoms with Crippen molar-refractivity contribution in [3.63, 3.8) is 0 Å². The molecule has 0 saturated carbocycles. The normalized spacial score (nSPS) is 20.6. The van der Waals surface area contributed by atoms with Gasteiger partial charge in [0.1, 0.15) is 0 Å². The second-order valence-electron chi connectivity index (χ2n) is 5.43. The average Bonchev–Trinajstić information content (AvgIpc) is 3.02. The molecule has 0 aromatic carbocycles. The summed E-state index contributed by atoms with van der Waals surface area (Å²) in [7, 11) is -1.37. The highest BCUT2D eigenvalue weighted by molar-refractivity contribution is 7.89. The van der Waals surface area contributed by atoms with Crippen molar-refractivity contribution >= 4 is 10.0 Å². The molecule has 20 heavy (non-hydrogen) atoms. The Balaban J connectivity index is 2.04. The molecule has 0 amide bonds. The van der Waals surface area contributed by atoms with Gasteiger partial charge in [0.15, 0.2) is 0 Å². The van der Waals surface area contributed by atoms with Gasteiger partial charge < -0.3 is 15.2 Å². The van der Waals surface area contributed by atoms with E-state index in [0.717, 1.165) is 31.7 Å². The SMILES string of the molecule is CCn1cc(S(=O)(=O)NCC2CCN(C)C2)cc1CN. The van der Waals surface area contributed by atoms with Crippen molar-refractivity contribution in [2.24, 2.45) is 11.7 Å². The van der Waals surface area contributed by atoms with Gasteiger partial charge >= 0.3 is 0 Å². The second kappa shape index (κ2) is 6.26. The van der Waals surface area contributed by atoms with Crippen LogP contribution in [0.2, 0.25) is 0 Å². The van der Waals surface area contributed by atoms with E-state index in [4.69, 9.17) is 5.73 Å². The molecule has 3 N–H and O–H groups in total. The van der Waals surface area contributed by atoms with Crippen molar-refractivity contribution < 1.29 is 8.42 Å². The van der Waals surface area contributed by atoms with Crippen LogP contribution in [0.3, 0.4) is 0 Å². The third-order valence-electron chi connectivity index (χ3n) is 3.87. The molecule has 0 radical (unpaired) electrons. The fourth-order valence-electron chi connectivity index (χ4n) is 2.64. The lowest BCUT2D eigenvalue weighted by Gasteiger charge is -2.11. The molecule has 1 atom stereocenters. The van der Waals surface area contributed by atoms with Crippen molar-refractivity contribution in [2.75, 3.05) is 26.7 Å². The summed E-state index contributed by atoms with van der Waals surface area (Å²) in [5.41, 5.74) is 6.47. The number of sulfonamides is 1. The van der Waals surface area contributed by atoms with Crippen LogP contribution < -0.4 is 10.5 Å². The van der Waals surface area contributed by atoms with E-state index in [-0.39, 0.29) is 0 Å². The van der Waals surface area contributed by atoms with E-state index in [1.54, 1.807) is 12.3 Å². The Kier molecular flexibility index (Phi) is 4.85. The van der Waals surface area contributed by atoms with Gasteiger partial charge in [-0.25, -0.2) is 13.1 Å². The van der Waals surface area contributed by atoms with Gasteiger partial charge in [-0.05, 0) is 38.9 Å². The molecule has 0 bridgehead atoms. The Morgan fingerprint density at radius 2 is 2.25 bits per heavy atom. The molecule has 1 aromatic heterocycles. The van der Waals surface area contributed by atoms with E-state index in [9.17, 15) is 8.42 Å². The molecule has 7 heteroatoms. The van der Waals surface area contributed by atoms with E-state index in [0.29, 0.717) is 23.9 Å². The Hall–Kier alpha value is -0.890. The lowest BCUT2D eigenvalue weighted by atomic mass is 10.1. The maximum atomic E-state index is 12.3. The Morgan fingerprint density at radius 3 is 2.75 bits per heavy atom. The minimum absolute atomic E-state index is 0.311. The van der Waals surface area contributed by atoms with Crippen LogP contribution in [-0.2, 0) is 23.1 Å². The summed E-state index contributed by atoms with van der Waals surface area (Å²) in [6.45, 7) is 5.52. The number of hydrogen-bond donors (Lipinski definition) is 2. The summed E-state index contributed by atoms with van der Waals surface area (Å²) in [5.74, 6) is 0.400. The van der Waals surface area contributed by atoms with Gasteiger partial charge in [-0.1, -0.05) is 0 Å². The predicted molar refractivity (Wildman–Crippen MR) is 78.8 cm³/mol. The van der Waals surface area contributed by atoms with Gasteiger partial charge in [0.05, 0.1) is 4.90 Å². The molecule has 0 aliphatic carbocycles. The molecule has 6 nitrogen and oxygen atoms in total. The zero-order chi connectivity index (χ0) is 14.8. The first-order valence-electron chi connectivity index (χ1n) is 7.03. The zero-order valence-electron chi connectivity index (χ0n) is 12.2. The summed E-state index contributed by atoms with van der Waals surface area (Å²) in [4.78, 5) is 2.53. The van der Waals surface area contributed by atoms with Crippen LogP contribution in [0.5, 0.6) is 0 Å². The standard InChI is InChI=1S/C13H24N4O2S/c1-3-17-10-13(6-12(17)7-14)20(18,19)15-8-11-4-5-16(2)9-11/h6,10-11,15H,3-5,7-9,14H2,1-2H3. The number of nitrogens with one attached hydrogen (secondary N) is 1. The van der Waals surface area contributed by atoms with Crippen LogP contribution in [0, 0.1) is 5.92 Å². The molecule has 2 rings (SSSR count). The third kappa shape index (κ3) is 3.41. The van der Waals surface area contributed by atoms with Gasteiger partial charge in [0.25, 0.3) is 0 Å². The lowest BCUT2D eigenvalue weighted by molar-refractivity contribution is 0.394. The monoisotopic (exact) mass is 300 g/mol. The number of aryl methyl sites for hydroxylation is 1.